The van der Waals surface area contributed by atoms with E-state index in [-0.39, 0.29) is 6.42 Å². The van der Waals surface area contributed by atoms with E-state index in [1.165, 1.54) is 12.8 Å². The lowest BCUT2D eigenvalue weighted by molar-refractivity contribution is -0.144. The molecule has 71 valence electrons. The zero-order valence-corrected chi connectivity index (χ0v) is 8.14. The molecule has 0 heterocycles. The van der Waals surface area contributed by atoms with Gasteiger partial charge in [0.15, 0.2) is 0 Å². The van der Waals surface area contributed by atoms with Crippen molar-refractivity contribution in [3.8, 4) is 0 Å². The van der Waals surface area contributed by atoms with Crippen molar-refractivity contribution in [2.75, 3.05) is 0 Å². The van der Waals surface area contributed by atoms with Crippen LogP contribution in [0.15, 0.2) is 0 Å². The highest BCUT2D eigenvalue weighted by Crippen LogP contribution is 2.16. The van der Waals surface area contributed by atoms with Gasteiger partial charge >= 0.3 is 5.97 Å². The van der Waals surface area contributed by atoms with Gasteiger partial charge in [-0.1, -0.05) is 39.5 Å². The minimum Gasteiger partial charge on any atom is -0.247 e. The Labute approximate surface area is 75.0 Å². The maximum Gasteiger partial charge on any atom is 0.355 e. The van der Waals surface area contributed by atoms with Crippen molar-refractivity contribution < 1.29 is 9.90 Å². The minimum absolute atomic E-state index is 0.236. The lowest BCUT2D eigenvalue weighted by atomic mass is 9.95. The molecule has 0 spiro atoms. The Hall–Kier alpha value is -0.530. The Kier molecular flexibility index (Phi) is 6.82. The van der Waals surface area contributed by atoms with Crippen LogP contribution >= 0.6 is 0 Å². The quantitative estimate of drug-likeness (QED) is 0.542. The smallest absolute Gasteiger partial charge is 0.247 e. The van der Waals surface area contributed by atoms with Crippen LogP contribution in [0.1, 0.15) is 52.4 Å². The average molecular weight is 171 g/mol. The summed E-state index contributed by atoms with van der Waals surface area (Å²) in [4.78, 5) is 10.3. The lowest BCUT2D eigenvalue weighted by Crippen LogP contribution is -2.05. The molecule has 0 aromatic heterocycles. The maximum atomic E-state index is 10.3. The molecule has 0 rings (SSSR count). The molecule has 1 unspecified atom stereocenters. The molecule has 0 amide bonds. The van der Waals surface area contributed by atoms with E-state index in [2.05, 4.69) is 6.92 Å². The summed E-state index contributed by atoms with van der Waals surface area (Å²) in [6.07, 6.45) is 5.80. The predicted octanol–water partition coefficient (Wildman–Crippen LogP) is 2.94. The third-order valence-corrected chi connectivity index (χ3v) is 2.25. The molecule has 0 saturated carbocycles. The molecule has 0 aliphatic heterocycles. The second-order valence-electron chi connectivity index (χ2n) is 3.35. The molecule has 2 nitrogen and oxygen atoms in total. The third kappa shape index (κ3) is 6.20. The van der Waals surface area contributed by atoms with Crippen LogP contribution in [0.2, 0.25) is 0 Å². The van der Waals surface area contributed by atoms with Gasteiger partial charge in [0, 0.05) is 0 Å². The molecule has 0 aliphatic carbocycles. The van der Waals surface area contributed by atoms with Crippen LogP contribution in [0.25, 0.3) is 0 Å². The first-order valence-corrected chi connectivity index (χ1v) is 4.90. The van der Waals surface area contributed by atoms with Crippen LogP contribution in [0.3, 0.4) is 0 Å². The van der Waals surface area contributed by atoms with E-state index in [9.17, 15) is 9.90 Å². The number of carbonyl (C=O) groups is 1. The molecule has 0 aromatic rings. The van der Waals surface area contributed by atoms with Gasteiger partial charge in [-0.3, -0.25) is 0 Å². The molecule has 12 heavy (non-hydrogen) atoms. The van der Waals surface area contributed by atoms with Gasteiger partial charge in [0.1, 0.15) is 0 Å². The number of rotatable bonds is 7. The van der Waals surface area contributed by atoms with Crippen LogP contribution < -0.4 is 0 Å². The second kappa shape index (κ2) is 7.14. The summed E-state index contributed by atoms with van der Waals surface area (Å²) in [5.74, 6) is -0.570. The normalized spacial score (nSPS) is 12.8. The SMILES string of the molecule is CCCCCC(CC)CC([O])=O. The summed E-state index contributed by atoms with van der Waals surface area (Å²) in [5, 5.41) is 10.3. The van der Waals surface area contributed by atoms with Gasteiger partial charge in [0.2, 0.25) is 0 Å². The van der Waals surface area contributed by atoms with Crippen molar-refractivity contribution >= 4 is 5.97 Å². The summed E-state index contributed by atoms with van der Waals surface area (Å²) in [6.45, 7) is 4.19. The van der Waals surface area contributed by atoms with Crippen molar-refractivity contribution in [1.29, 1.82) is 0 Å². The lowest BCUT2D eigenvalue weighted by Gasteiger charge is -2.10. The van der Waals surface area contributed by atoms with Crippen LogP contribution in [0.4, 0.5) is 0 Å². The zero-order valence-electron chi connectivity index (χ0n) is 8.14. The van der Waals surface area contributed by atoms with Crippen molar-refractivity contribution in [3.63, 3.8) is 0 Å². The van der Waals surface area contributed by atoms with Crippen molar-refractivity contribution in [1.82, 2.24) is 0 Å². The number of hydrogen-bond donors (Lipinski definition) is 0. The Morgan fingerprint density at radius 3 is 2.33 bits per heavy atom. The fourth-order valence-corrected chi connectivity index (χ4v) is 1.37. The molecule has 0 aliphatic rings. The molecule has 0 saturated heterocycles. The molecule has 0 bridgehead atoms. The van der Waals surface area contributed by atoms with E-state index in [0.717, 1.165) is 19.3 Å². The Bertz CT molecular complexity index is 121. The largest absolute Gasteiger partial charge is 0.355 e. The Morgan fingerprint density at radius 1 is 1.25 bits per heavy atom. The molecule has 1 radical (unpaired) electrons. The van der Waals surface area contributed by atoms with Crippen molar-refractivity contribution in [2.45, 2.75) is 52.4 Å². The summed E-state index contributed by atoms with van der Waals surface area (Å²) >= 11 is 0. The molecular weight excluding hydrogens is 152 g/mol. The highest BCUT2D eigenvalue weighted by atomic mass is 16.4. The van der Waals surface area contributed by atoms with Crippen molar-refractivity contribution in [3.05, 3.63) is 0 Å². The number of carbonyl (C=O) groups excluding carboxylic acids is 1. The van der Waals surface area contributed by atoms with Gasteiger partial charge in [-0.05, 0) is 12.3 Å². The molecule has 0 N–H and O–H groups in total. The average Bonchev–Trinajstić information content (AvgIpc) is 2.02. The molecule has 1 atom stereocenters. The fraction of sp³-hybridized carbons (Fsp3) is 0.900. The van der Waals surface area contributed by atoms with Gasteiger partial charge in [0.25, 0.3) is 0 Å². The maximum absolute atomic E-state index is 10.3. The van der Waals surface area contributed by atoms with E-state index in [1.807, 2.05) is 6.92 Å². The summed E-state index contributed by atoms with van der Waals surface area (Å²) < 4.78 is 0. The monoisotopic (exact) mass is 171 g/mol. The standard InChI is InChI=1S/C10H19O2/c1-3-5-6-7-9(4-2)8-10(11)12/h9H,3-8H2,1-2H3. The van der Waals surface area contributed by atoms with E-state index in [1.54, 1.807) is 0 Å². The first kappa shape index (κ1) is 11.5. The van der Waals surface area contributed by atoms with E-state index >= 15 is 0 Å². The van der Waals surface area contributed by atoms with Crippen LogP contribution in [0.5, 0.6) is 0 Å². The zero-order chi connectivity index (χ0) is 9.40. The molecule has 2 heteroatoms. The van der Waals surface area contributed by atoms with Crippen LogP contribution in [-0.4, -0.2) is 5.97 Å². The van der Waals surface area contributed by atoms with E-state index in [0.29, 0.717) is 5.92 Å². The molecule has 0 aromatic carbocycles. The first-order valence-electron chi connectivity index (χ1n) is 4.90. The number of unbranched alkanes of at least 4 members (excludes halogenated alkanes) is 2. The minimum atomic E-state index is -0.904. The number of hydrogen-bond acceptors (Lipinski definition) is 1. The molecule has 0 fully saturated rings. The van der Waals surface area contributed by atoms with E-state index < -0.39 is 5.97 Å². The Morgan fingerprint density at radius 2 is 1.92 bits per heavy atom. The predicted molar refractivity (Wildman–Crippen MR) is 48.2 cm³/mol. The Balaban J connectivity index is 3.46. The highest BCUT2D eigenvalue weighted by molar-refractivity contribution is 5.66. The van der Waals surface area contributed by atoms with Crippen LogP contribution in [0, 0.1) is 5.92 Å². The summed E-state index contributed by atoms with van der Waals surface area (Å²) in [7, 11) is 0. The van der Waals surface area contributed by atoms with Gasteiger partial charge in [-0.2, -0.15) is 0 Å². The second-order valence-corrected chi connectivity index (χ2v) is 3.35. The van der Waals surface area contributed by atoms with Gasteiger partial charge in [-0.15, -0.1) is 0 Å². The molecular formula is C10H19O2. The highest BCUT2D eigenvalue weighted by Gasteiger charge is 2.11. The van der Waals surface area contributed by atoms with Gasteiger partial charge in [0.05, 0.1) is 6.42 Å². The third-order valence-electron chi connectivity index (χ3n) is 2.25. The van der Waals surface area contributed by atoms with Gasteiger partial charge in [-0.25, -0.2) is 9.90 Å². The van der Waals surface area contributed by atoms with Crippen molar-refractivity contribution in [2.24, 2.45) is 5.92 Å². The summed E-state index contributed by atoms with van der Waals surface area (Å²) in [6, 6.07) is 0. The van der Waals surface area contributed by atoms with Gasteiger partial charge < -0.3 is 0 Å². The van der Waals surface area contributed by atoms with E-state index in [4.69, 9.17) is 0 Å². The fourth-order valence-electron chi connectivity index (χ4n) is 1.37. The van der Waals surface area contributed by atoms with Crippen LogP contribution in [-0.2, 0) is 9.90 Å². The topological polar surface area (TPSA) is 37.0 Å². The summed E-state index contributed by atoms with van der Waals surface area (Å²) in [5.41, 5.74) is 0. The first-order chi connectivity index (χ1) is 5.70.